The molecule has 3 nitrogen and oxygen atoms in total. The zero-order valence-electron chi connectivity index (χ0n) is 8.66. The summed E-state index contributed by atoms with van der Waals surface area (Å²) >= 11 is 0. The van der Waals surface area contributed by atoms with Crippen LogP contribution in [0.15, 0.2) is 12.3 Å². The number of hydrogen-bond donors (Lipinski definition) is 1. The zero-order chi connectivity index (χ0) is 9.80. The Labute approximate surface area is 85.0 Å². The smallest absolute Gasteiger partial charge is 0.222 e. The molecular weight excluding hydrogens is 174 g/mol. The van der Waals surface area contributed by atoms with Gasteiger partial charge in [0.25, 0.3) is 0 Å². The van der Waals surface area contributed by atoms with E-state index in [1.165, 1.54) is 25.7 Å². The molecule has 1 saturated carbocycles. The second-order valence-corrected chi connectivity index (χ2v) is 4.05. The van der Waals surface area contributed by atoms with Gasteiger partial charge >= 0.3 is 0 Å². The van der Waals surface area contributed by atoms with Gasteiger partial charge in [0, 0.05) is 18.4 Å². The van der Waals surface area contributed by atoms with Gasteiger partial charge < -0.3 is 5.32 Å². The molecule has 0 spiro atoms. The number of nitrogens with zero attached hydrogens (tertiary/aromatic N) is 2. The minimum Gasteiger partial charge on any atom is -0.354 e. The van der Waals surface area contributed by atoms with E-state index < -0.39 is 0 Å². The molecule has 0 atom stereocenters. The highest BCUT2D eigenvalue weighted by Crippen LogP contribution is 2.24. The Hall–Kier alpha value is -1.12. The molecule has 0 radical (unpaired) electrons. The lowest BCUT2D eigenvalue weighted by Gasteiger charge is -2.10. The van der Waals surface area contributed by atoms with E-state index in [4.69, 9.17) is 0 Å². The second-order valence-electron chi connectivity index (χ2n) is 4.05. The summed E-state index contributed by atoms with van der Waals surface area (Å²) in [5.74, 6) is 1.61. The molecule has 1 aliphatic carbocycles. The maximum atomic E-state index is 4.31. The van der Waals surface area contributed by atoms with E-state index in [0.29, 0.717) is 0 Å². The molecule has 1 N–H and O–H groups in total. The molecule has 3 heteroatoms. The molecule has 0 saturated heterocycles. The van der Waals surface area contributed by atoms with Gasteiger partial charge in [-0.2, -0.15) is 0 Å². The van der Waals surface area contributed by atoms with Gasteiger partial charge in [-0.3, -0.25) is 0 Å². The lowest BCUT2D eigenvalue weighted by molar-refractivity contribution is 0.577. The summed E-state index contributed by atoms with van der Waals surface area (Å²) in [7, 11) is 0. The van der Waals surface area contributed by atoms with Gasteiger partial charge in [0.05, 0.1) is 0 Å². The highest BCUT2D eigenvalue weighted by Gasteiger charge is 2.14. The Morgan fingerprint density at radius 1 is 1.43 bits per heavy atom. The van der Waals surface area contributed by atoms with Crippen molar-refractivity contribution in [2.45, 2.75) is 32.6 Å². The Bertz CT molecular complexity index is 292. The van der Waals surface area contributed by atoms with E-state index in [1.807, 2.05) is 13.0 Å². The molecule has 0 aromatic carbocycles. The molecule has 14 heavy (non-hydrogen) atoms. The van der Waals surface area contributed by atoms with E-state index in [9.17, 15) is 0 Å². The third-order valence-electron chi connectivity index (χ3n) is 2.82. The fourth-order valence-electron chi connectivity index (χ4n) is 1.98. The summed E-state index contributed by atoms with van der Waals surface area (Å²) in [6.07, 6.45) is 7.30. The number of nitrogens with one attached hydrogen (secondary N) is 1. The van der Waals surface area contributed by atoms with Crippen molar-refractivity contribution in [1.29, 1.82) is 0 Å². The predicted octanol–water partition coefficient (Wildman–Crippen LogP) is 2.39. The molecule has 1 fully saturated rings. The van der Waals surface area contributed by atoms with Gasteiger partial charge in [0.2, 0.25) is 5.95 Å². The van der Waals surface area contributed by atoms with Crippen LogP contribution < -0.4 is 5.32 Å². The van der Waals surface area contributed by atoms with Gasteiger partial charge in [0.1, 0.15) is 0 Å². The fraction of sp³-hybridized carbons (Fsp3) is 0.636. The maximum Gasteiger partial charge on any atom is 0.222 e. The van der Waals surface area contributed by atoms with Gasteiger partial charge in [-0.05, 0) is 31.7 Å². The van der Waals surface area contributed by atoms with Crippen LogP contribution in [-0.4, -0.2) is 16.5 Å². The molecule has 0 unspecified atom stereocenters. The molecular formula is C11H17N3. The van der Waals surface area contributed by atoms with Crippen molar-refractivity contribution in [2.75, 3.05) is 11.9 Å². The van der Waals surface area contributed by atoms with E-state index in [0.717, 1.165) is 24.1 Å². The van der Waals surface area contributed by atoms with Crippen LogP contribution in [-0.2, 0) is 0 Å². The van der Waals surface area contributed by atoms with Crippen LogP contribution in [0.25, 0.3) is 0 Å². The Morgan fingerprint density at radius 3 is 2.93 bits per heavy atom. The summed E-state index contributed by atoms with van der Waals surface area (Å²) in [6.45, 7) is 3.02. The molecule has 1 heterocycles. The van der Waals surface area contributed by atoms with Crippen LogP contribution in [0.4, 0.5) is 5.95 Å². The Morgan fingerprint density at radius 2 is 2.21 bits per heavy atom. The average molecular weight is 191 g/mol. The number of hydrogen-bond acceptors (Lipinski definition) is 3. The topological polar surface area (TPSA) is 37.8 Å². The normalized spacial score (nSPS) is 17.2. The first kappa shape index (κ1) is 9.44. The molecule has 1 aliphatic rings. The Balaban J connectivity index is 1.85. The number of aromatic nitrogens is 2. The van der Waals surface area contributed by atoms with Gasteiger partial charge in [-0.25, -0.2) is 9.97 Å². The van der Waals surface area contributed by atoms with Crippen LogP contribution in [0.2, 0.25) is 0 Å². The number of anilines is 1. The third kappa shape index (κ3) is 2.44. The molecule has 0 bridgehead atoms. The van der Waals surface area contributed by atoms with Crippen LogP contribution in [0.1, 0.15) is 31.4 Å². The van der Waals surface area contributed by atoms with Gasteiger partial charge in [-0.1, -0.05) is 12.8 Å². The monoisotopic (exact) mass is 191 g/mol. The summed E-state index contributed by atoms with van der Waals surface area (Å²) in [4.78, 5) is 8.49. The van der Waals surface area contributed by atoms with E-state index in [-0.39, 0.29) is 0 Å². The summed E-state index contributed by atoms with van der Waals surface area (Å²) in [6, 6.07) is 1.92. The maximum absolute atomic E-state index is 4.31. The van der Waals surface area contributed by atoms with Crippen LogP contribution in [0.3, 0.4) is 0 Å². The minimum atomic E-state index is 0.775. The van der Waals surface area contributed by atoms with Crippen molar-refractivity contribution < 1.29 is 0 Å². The van der Waals surface area contributed by atoms with E-state index in [2.05, 4.69) is 15.3 Å². The van der Waals surface area contributed by atoms with E-state index in [1.54, 1.807) is 6.20 Å². The average Bonchev–Trinajstić information content (AvgIpc) is 2.67. The van der Waals surface area contributed by atoms with E-state index >= 15 is 0 Å². The van der Waals surface area contributed by atoms with Crippen molar-refractivity contribution in [3.8, 4) is 0 Å². The highest BCUT2D eigenvalue weighted by atomic mass is 15.1. The van der Waals surface area contributed by atoms with Crippen molar-refractivity contribution >= 4 is 5.95 Å². The van der Waals surface area contributed by atoms with Crippen molar-refractivity contribution in [1.82, 2.24) is 9.97 Å². The number of aryl methyl sites for hydroxylation is 1. The first-order chi connectivity index (χ1) is 6.84. The summed E-state index contributed by atoms with van der Waals surface area (Å²) in [5.41, 5.74) is 1.02. The largest absolute Gasteiger partial charge is 0.354 e. The van der Waals surface area contributed by atoms with Crippen molar-refractivity contribution in [2.24, 2.45) is 5.92 Å². The SMILES string of the molecule is Cc1ccnc(NCC2CCCC2)n1. The van der Waals surface area contributed by atoms with Crippen LogP contribution in [0.5, 0.6) is 0 Å². The van der Waals surface area contributed by atoms with Crippen molar-refractivity contribution in [3.05, 3.63) is 18.0 Å². The van der Waals surface area contributed by atoms with Crippen LogP contribution in [0, 0.1) is 12.8 Å². The first-order valence-corrected chi connectivity index (χ1v) is 5.38. The molecule has 1 aromatic rings. The zero-order valence-corrected chi connectivity index (χ0v) is 8.66. The first-order valence-electron chi connectivity index (χ1n) is 5.38. The van der Waals surface area contributed by atoms with Crippen LogP contribution >= 0.6 is 0 Å². The summed E-state index contributed by atoms with van der Waals surface area (Å²) < 4.78 is 0. The lowest BCUT2D eigenvalue weighted by atomic mass is 10.1. The minimum absolute atomic E-state index is 0.775. The van der Waals surface area contributed by atoms with Gasteiger partial charge in [0.15, 0.2) is 0 Å². The van der Waals surface area contributed by atoms with Gasteiger partial charge in [-0.15, -0.1) is 0 Å². The third-order valence-corrected chi connectivity index (χ3v) is 2.82. The fourth-order valence-corrected chi connectivity index (χ4v) is 1.98. The second kappa shape index (κ2) is 4.40. The quantitative estimate of drug-likeness (QED) is 0.797. The lowest BCUT2D eigenvalue weighted by Crippen LogP contribution is -2.13. The standard InChI is InChI=1S/C11H17N3/c1-9-6-7-12-11(14-9)13-8-10-4-2-3-5-10/h6-7,10H,2-5,8H2,1H3,(H,12,13,14). The summed E-state index contributed by atoms with van der Waals surface area (Å²) in [5, 5.41) is 3.31. The molecule has 76 valence electrons. The molecule has 1 aromatic heterocycles. The predicted molar refractivity (Wildman–Crippen MR) is 57.2 cm³/mol. The molecule has 0 aliphatic heterocycles. The molecule has 2 rings (SSSR count). The highest BCUT2D eigenvalue weighted by molar-refractivity contribution is 5.24. The van der Waals surface area contributed by atoms with Crippen molar-refractivity contribution in [3.63, 3.8) is 0 Å². The number of rotatable bonds is 3. The Kier molecular flexibility index (Phi) is 2.96. The molecule has 0 amide bonds.